The van der Waals surface area contributed by atoms with E-state index in [2.05, 4.69) is 5.32 Å². The fourth-order valence-corrected chi connectivity index (χ4v) is 1.52. The number of hydrogen-bond donors (Lipinski definition) is 2. The van der Waals surface area contributed by atoms with Crippen molar-refractivity contribution in [1.82, 2.24) is 5.32 Å². The van der Waals surface area contributed by atoms with Crippen molar-refractivity contribution >= 4 is 11.9 Å². The van der Waals surface area contributed by atoms with Crippen LogP contribution < -0.4 is 10.1 Å². The molecule has 0 saturated carbocycles. The average molecular weight is 281 g/mol. The molecule has 0 radical (unpaired) electrons. The van der Waals surface area contributed by atoms with Crippen LogP contribution in [0.1, 0.15) is 22.8 Å². The molecule has 20 heavy (non-hydrogen) atoms. The lowest BCUT2D eigenvalue weighted by Gasteiger charge is -2.16. The third-order valence-corrected chi connectivity index (χ3v) is 2.71. The summed E-state index contributed by atoms with van der Waals surface area (Å²) in [7, 11) is 1.55. The summed E-state index contributed by atoms with van der Waals surface area (Å²) in [5, 5.41) is 11.6. The lowest BCUT2D eigenvalue weighted by Crippen LogP contribution is -2.38. The summed E-state index contributed by atoms with van der Waals surface area (Å²) in [5.41, 5.74) is 0.893. The third kappa shape index (κ3) is 4.55. The number of hydrogen-bond acceptors (Lipinski definition) is 4. The van der Waals surface area contributed by atoms with E-state index in [9.17, 15) is 9.59 Å². The monoisotopic (exact) mass is 281 g/mol. The van der Waals surface area contributed by atoms with Crippen molar-refractivity contribution in [2.45, 2.75) is 20.0 Å². The standard InChI is InChI=1S/C14H19NO5/c1-9-4-5-11(14(17)18)8-12(9)20-10(2)13(16)15-6-7-19-3/h4-5,8,10H,6-7H2,1-3H3,(H,15,16)(H,17,18)/t10-/m1/s1. The number of nitrogens with one attached hydrogen (secondary N) is 1. The number of aromatic carboxylic acids is 1. The summed E-state index contributed by atoms with van der Waals surface area (Å²) in [5.74, 6) is -0.923. The topological polar surface area (TPSA) is 84.9 Å². The van der Waals surface area contributed by atoms with Crippen LogP contribution in [-0.4, -0.2) is 43.3 Å². The molecular formula is C14H19NO5. The Labute approximate surface area is 117 Å². The number of carbonyl (C=O) groups excluding carboxylic acids is 1. The van der Waals surface area contributed by atoms with Crippen LogP contribution in [0.15, 0.2) is 18.2 Å². The van der Waals surface area contributed by atoms with Gasteiger partial charge < -0.3 is 19.9 Å². The molecular weight excluding hydrogens is 262 g/mol. The van der Waals surface area contributed by atoms with Crippen LogP contribution >= 0.6 is 0 Å². The van der Waals surface area contributed by atoms with Gasteiger partial charge in [-0.05, 0) is 31.5 Å². The molecule has 0 aromatic heterocycles. The lowest BCUT2D eigenvalue weighted by molar-refractivity contribution is -0.127. The molecule has 2 N–H and O–H groups in total. The third-order valence-electron chi connectivity index (χ3n) is 2.71. The number of benzene rings is 1. The summed E-state index contributed by atoms with van der Waals surface area (Å²) >= 11 is 0. The maximum atomic E-state index is 11.7. The molecule has 110 valence electrons. The Morgan fingerprint density at radius 2 is 2.10 bits per heavy atom. The molecule has 6 nitrogen and oxygen atoms in total. The number of aryl methyl sites for hydroxylation is 1. The van der Waals surface area contributed by atoms with Crippen LogP contribution in [0.25, 0.3) is 0 Å². The van der Waals surface area contributed by atoms with E-state index < -0.39 is 12.1 Å². The van der Waals surface area contributed by atoms with Crippen molar-refractivity contribution < 1.29 is 24.2 Å². The van der Waals surface area contributed by atoms with Crippen molar-refractivity contribution in [3.05, 3.63) is 29.3 Å². The van der Waals surface area contributed by atoms with E-state index in [0.29, 0.717) is 18.9 Å². The summed E-state index contributed by atoms with van der Waals surface area (Å²) in [6.45, 7) is 4.22. The maximum absolute atomic E-state index is 11.7. The van der Waals surface area contributed by atoms with Crippen molar-refractivity contribution in [3.8, 4) is 5.75 Å². The zero-order chi connectivity index (χ0) is 15.1. The number of amides is 1. The second kappa shape index (κ2) is 7.49. The summed E-state index contributed by atoms with van der Waals surface area (Å²) in [6.07, 6.45) is -0.713. The first-order chi connectivity index (χ1) is 9.45. The molecule has 1 rings (SSSR count). The number of carbonyl (C=O) groups is 2. The molecule has 0 aliphatic rings. The molecule has 0 bridgehead atoms. The average Bonchev–Trinajstić information content (AvgIpc) is 2.41. The van der Waals surface area contributed by atoms with Crippen molar-refractivity contribution in [3.63, 3.8) is 0 Å². The fourth-order valence-electron chi connectivity index (χ4n) is 1.52. The minimum atomic E-state index is -1.04. The number of rotatable bonds is 7. The molecule has 1 aromatic rings. The van der Waals surface area contributed by atoms with Gasteiger partial charge in [-0.1, -0.05) is 6.07 Å². The van der Waals surface area contributed by atoms with E-state index in [1.54, 1.807) is 27.0 Å². The molecule has 0 spiro atoms. The Kier molecular flexibility index (Phi) is 5.99. The summed E-state index contributed by atoms with van der Waals surface area (Å²) < 4.78 is 10.3. The molecule has 1 aromatic carbocycles. The minimum absolute atomic E-state index is 0.123. The van der Waals surface area contributed by atoms with Gasteiger partial charge in [0, 0.05) is 13.7 Å². The predicted molar refractivity (Wildman–Crippen MR) is 73.1 cm³/mol. The van der Waals surface area contributed by atoms with E-state index in [4.69, 9.17) is 14.6 Å². The fraction of sp³-hybridized carbons (Fsp3) is 0.429. The quantitative estimate of drug-likeness (QED) is 0.734. The van der Waals surface area contributed by atoms with Crippen LogP contribution in [0, 0.1) is 6.92 Å². The molecule has 1 atom stereocenters. The van der Waals surface area contributed by atoms with Crippen LogP contribution in [0.5, 0.6) is 5.75 Å². The van der Waals surface area contributed by atoms with Crippen molar-refractivity contribution in [2.75, 3.05) is 20.3 Å². The number of methoxy groups -OCH3 is 1. The van der Waals surface area contributed by atoms with Crippen LogP contribution in [0.2, 0.25) is 0 Å². The van der Waals surface area contributed by atoms with Gasteiger partial charge in [0.25, 0.3) is 5.91 Å². The van der Waals surface area contributed by atoms with Gasteiger partial charge in [0.15, 0.2) is 6.10 Å². The minimum Gasteiger partial charge on any atom is -0.481 e. The number of carboxylic acid groups (broad SMARTS) is 1. The second-order valence-electron chi connectivity index (χ2n) is 4.33. The number of ether oxygens (including phenoxy) is 2. The van der Waals surface area contributed by atoms with Crippen LogP contribution in [0.4, 0.5) is 0 Å². The van der Waals surface area contributed by atoms with E-state index in [-0.39, 0.29) is 11.5 Å². The highest BCUT2D eigenvalue weighted by molar-refractivity contribution is 5.88. The molecule has 0 aliphatic carbocycles. The van der Waals surface area contributed by atoms with Gasteiger partial charge in [0.05, 0.1) is 12.2 Å². The molecule has 0 aliphatic heterocycles. The smallest absolute Gasteiger partial charge is 0.335 e. The Morgan fingerprint density at radius 1 is 1.40 bits per heavy atom. The molecule has 0 unspecified atom stereocenters. The van der Waals surface area contributed by atoms with E-state index in [1.165, 1.54) is 12.1 Å². The van der Waals surface area contributed by atoms with Gasteiger partial charge in [-0.15, -0.1) is 0 Å². The van der Waals surface area contributed by atoms with Crippen LogP contribution in [0.3, 0.4) is 0 Å². The van der Waals surface area contributed by atoms with Crippen molar-refractivity contribution in [1.29, 1.82) is 0 Å². The van der Waals surface area contributed by atoms with Gasteiger partial charge in [-0.25, -0.2) is 4.79 Å². The summed E-state index contributed by atoms with van der Waals surface area (Å²) in [6, 6.07) is 4.55. The molecule has 0 heterocycles. The van der Waals surface area contributed by atoms with Gasteiger partial charge in [-0.3, -0.25) is 4.79 Å². The molecule has 0 saturated heterocycles. The predicted octanol–water partition coefficient (Wildman–Crippen LogP) is 1.22. The highest BCUT2D eigenvalue weighted by atomic mass is 16.5. The van der Waals surface area contributed by atoms with Crippen molar-refractivity contribution in [2.24, 2.45) is 0 Å². The summed E-state index contributed by atoms with van der Waals surface area (Å²) in [4.78, 5) is 22.7. The van der Waals surface area contributed by atoms with E-state index in [0.717, 1.165) is 5.56 Å². The highest BCUT2D eigenvalue weighted by Crippen LogP contribution is 2.21. The van der Waals surface area contributed by atoms with Gasteiger partial charge in [0.2, 0.25) is 0 Å². The first-order valence-corrected chi connectivity index (χ1v) is 6.23. The van der Waals surface area contributed by atoms with Gasteiger partial charge in [-0.2, -0.15) is 0 Å². The van der Waals surface area contributed by atoms with Gasteiger partial charge >= 0.3 is 5.97 Å². The lowest BCUT2D eigenvalue weighted by atomic mass is 10.1. The first-order valence-electron chi connectivity index (χ1n) is 6.23. The molecule has 1 amide bonds. The maximum Gasteiger partial charge on any atom is 0.335 e. The van der Waals surface area contributed by atoms with E-state index in [1.807, 2.05) is 0 Å². The normalized spacial score (nSPS) is 11.8. The molecule has 0 fully saturated rings. The Bertz CT molecular complexity index is 486. The SMILES string of the molecule is COCCNC(=O)[C@@H](C)Oc1cc(C(=O)O)ccc1C. The Morgan fingerprint density at radius 3 is 2.70 bits per heavy atom. The zero-order valence-corrected chi connectivity index (χ0v) is 11.8. The van der Waals surface area contributed by atoms with Crippen LogP contribution in [-0.2, 0) is 9.53 Å². The Hall–Kier alpha value is -2.08. The zero-order valence-electron chi connectivity index (χ0n) is 11.8. The Balaban J connectivity index is 2.69. The second-order valence-corrected chi connectivity index (χ2v) is 4.33. The van der Waals surface area contributed by atoms with E-state index >= 15 is 0 Å². The van der Waals surface area contributed by atoms with Gasteiger partial charge in [0.1, 0.15) is 5.75 Å². The number of carboxylic acids is 1. The first kappa shape index (κ1) is 16.0. The largest absolute Gasteiger partial charge is 0.481 e. The highest BCUT2D eigenvalue weighted by Gasteiger charge is 2.16. The molecule has 6 heteroatoms.